The largest absolute Gasteiger partial charge is 0.468 e. The van der Waals surface area contributed by atoms with Crippen LogP contribution < -0.4 is 10.2 Å². The zero-order chi connectivity index (χ0) is 8.97. The average molecular weight is 166 g/mol. The molecule has 0 aromatic heterocycles. The van der Waals surface area contributed by atoms with Gasteiger partial charge in [-0.25, -0.2) is 4.39 Å². The summed E-state index contributed by atoms with van der Waals surface area (Å²) >= 11 is 0. The molecule has 0 saturated heterocycles. The highest BCUT2D eigenvalue weighted by molar-refractivity contribution is 6.32. The molecular formula is C8H8BFO2. The normalized spacial score (nSPS) is 9.83. The van der Waals surface area contributed by atoms with Crippen LogP contribution in [0.5, 0.6) is 5.75 Å². The molecule has 0 aliphatic carbocycles. The Morgan fingerprint density at radius 2 is 2.25 bits per heavy atom. The van der Waals surface area contributed by atoms with E-state index < -0.39 is 5.82 Å². The maximum absolute atomic E-state index is 12.6. The van der Waals surface area contributed by atoms with Crippen molar-refractivity contribution in [2.75, 3.05) is 13.9 Å². The molecule has 0 aliphatic rings. The van der Waals surface area contributed by atoms with E-state index in [4.69, 9.17) is 12.6 Å². The van der Waals surface area contributed by atoms with E-state index in [0.29, 0.717) is 5.75 Å². The maximum atomic E-state index is 12.6. The zero-order valence-corrected chi connectivity index (χ0v) is 6.71. The van der Waals surface area contributed by atoms with Crippen LogP contribution in [-0.4, -0.2) is 21.7 Å². The Morgan fingerprint density at radius 1 is 1.50 bits per heavy atom. The topological polar surface area (TPSA) is 18.5 Å². The van der Waals surface area contributed by atoms with Crippen LogP contribution in [0.1, 0.15) is 0 Å². The van der Waals surface area contributed by atoms with Crippen LogP contribution in [0, 0.1) is 5.82 Å². The van der Waals surface area contributed by atoms with E-state index in [9.17, 15) is 4.39 Å². The number of hydrogen-bond donors (Lipinski definition) is 0. The van der Waals surface area contributed by atoms with Gasteiger partial charge in [0, 0.05) is 7.11 Å². The molecule has 0 saturated carbocycles. The highest BCUT2D eigenvalue weighted by Gasteiger charge is 1.98. The van der Waals surface area contributed by atoms with Gasteiger partial charge in [-0.2, -0.15) is 0 Å². The van der Waals surface area contributed by atoms with E-state index in [-0.39, 0.29) is 12.3 Å². The van der Waals surface area contributed by atoms with Gasteiger partial charge >= 0.3 is 0 Å². The second-order valence-electron chi connectivity index (χ2n) is 2.23. The molecule has 1 aromatic rings. The van der Waals surface area contributed by atoms with Crippen LogP contribution in [-0.2, 0) is 4.74 Å². The lowest BCUT2D eigenvalue weighted by Gasteiger charge is -2.05. The molecule has 12 heavy (non-hydrogen) atoms. The molecule has 0 atom stereocenters. The van der Waals surface area contributed by atoms with Crippen molar-refractivity contribution in [3.63, 3.8) is 0 Å². The summed E-state index contributed by atoms with van der Waals surface area (Å²) in [5.41, 5.74) is 0.0728. The van der Waals surface area contributed by atoms with E-state index in [1.54, 1.807) is 0 Å². The lowest BCUT2D eigenvalue weighted by Crippen LogP contribution is -2.09. The highest BCUT2D eigenvalue weighted by atomic mass is 19.1. The van der Waals surface area contributed by atoms with Crippen LogP contribution in [0.4, 0.5) is 4.39 Å². The quantitative estimate of drug-likeness (QED) is 0.483. The van der Waals surface area contributed by atoms with Gasteiger partial charge in [0.25, 0.3) is 0 Å². The van der Waals surface area contributed by atoms with Crippen LogP contribution in [0.15, 0.2) is 18.2 Å². The summed E-state index contributed by atoms with van der Waals surface area (Å²) in [4.78, 5) is 0. The van der Waals surface area contributed by atoms with Gasteiger partial charge < -0.3 is 9.47 Å². The van der Waals surface area contributed by atoms with E-state index in [1.165, 1.54) is 25.3 Å². The third kappa shape index (κ3) is 2.24. The fourth-order valence-electron chi connectivity index (χ4n) is 0.739. The van der Waals surface area contributed by atoms with Crippen molar-refractivity contribution in [3.8, 4) is 5.75 Å². The number of rotatable bonds is 3. The molecule has 0 unspecified atom stereocenters. The summed E-state index contributed by atoms with van der Waals surface area (Å²) in [6.07, 6.45) is 0. The molecule has 62 valence electrons. The van der Waals surface area contributed by atoms with Crippen molar-refractivity contribution in [3.05, 3.63) is 24.0 Å². The number of hydrogen-bond acceptors (Lipinski definition) is 2. The van der Waals surface area contributed by atoms with Crippen molar-refractivity contribution >= 4 is 13.3 Å². The lowest BCUT2D eigenvalue weighted by atomic mass is 9.95. The monoisotopic (exact) mass is 166 g/mol. The molecule has 0 aliphatic heterocycles. The lowest BCUT2D eigenvalue weighted by molar-refractivity contribution is 0.0511. The van der Waals surface area contributed by atoms with Crippen molar-refractivity contribution in [1.29, 1.82) is 0 Å². The first-order chi connectivity index (χ1) is 5.74. The van der Waals surface area contributed by atoms with E-state index in [1.807, 2.05) is 0 Å². The number of methoxy groups -OCH3 is 1. The summed E-state index contributed by atoms with van der Waals surface area (Å²) in [6, 6.07) is 4.15. The first kappa shape index (κ1) is 9.07. The minimum atomic E-state index is -0.445. The number of benzene rings is 1. The Hall–Kier alpha value is -1.03. The Morgan fingerprint density at radius 3 is 2.83 bits per heavy atom. The van der Waals surface area contributed by atoms with E-state index in [0.717, 1.165) is 0 Å². The maximum Gasteiger partial charge on any atom is 0.188 e. The smallest absolute Gasteiger partial charge is 0.188 e. The summed E-state index contributed by atoms with van der Waals surface area (Å²) in [6.45, 7) is 0.130. The average Bonchev–Trinajstić information content (AvgIpc) is 2.07. The van der Waals surface area contributed by atoms with Crippen LogP contribution in [0.25, 0.3) is 0 Å². The van der Waals surface area contributed by atoms with Gasteiger partial charge in [-0.3, -0.25) is 0 Å². The zero-order valence-electron chi connectivity index (χ0n) is 6.71. The number of halogens is 1. The second kappa shape index (κ2) is 4.11. The highest BCUT2D eigenvalue weighted by Crippen LogP contribution is 2.08. The van der Waals surface area contributed by atoms with Crippen molar-refractivity contribution in [2.24, 2.45) is 0 Å². The predicted octanol–water partition coefficient (Wildman–Crippen LogP) is 0.602. The summed E-state index contributed by atoms with van der Waals surface area (Å²) in [7, 11) is 6.80. The fraction of sp³-hybridized carbons (Fsp3) is 0.250. The van der Waals surface area contributed by atoms with Gasteiger partial charge in [-0.15, -0.1) is 0 Å². The molecule has 4 heteroatoms. The molecular weight excluding hydrogens is 158 g/mol. The van der Waals surface area contributed by atoms with Crippen molar-refractivity contribution in [2.45, 2.75) is 0 Å². The fourth-order valence-corrected chi connectivity index (χ4v) is 0.739. The molecule has 1 rings (SSSR count). The molecule has 0 spiro atoms. The standard InChI is InChI=1S/C8H8BFO2/c1-11-5-12-6-2-3-8(10)7(9)4-6/h2-4H,5H2,1H3. The predicted molar refractivity (Wildman–Crippen MR) is 44.3 cm³/mol. The molecule has 0 bridgehead atoms. The van der Waals surface area contributed by atoms with Gasteiger partial charge in [0.15, 0.2) is 6.79 Å². The molecule has 0 N–H and O–H groups in total. The van der Waals surface area contributed by atoms with E-state index >= 15 is 0 Å². The van der Waals surface area contributed by atoms with Gasteiger partial charge in [0.2, 0.25) is 0 Å². The van der Waals surface area contributed by atoms with Gasteiger partial charge in [-0.05, 0) is 18.2 Å². The molecule has 1 aromatic carbocycles. The summed E-state index contributed by atoms with van der Waals surface area (Å²) in [5.74, 6) is 0.0514. The van der Waals surface area contributed by atoms with Crippen LogP contribution >= 0.6 is 0 Å². The molecule has 0 heterocycles. The Bertz CT molecular complexity index is 265. The van der Waals surface area contributed by atoms with Gasteiger partial charge in [0.1, 0.15) is 19.4 Å². The van der Waals surface area contributed by atoms with Gasteiger partial charge in [0.05, 0.1) is 0 Å². The first-order valence-corrected chi connectivity index (χ1v) is 3.41. The summed E-state index contributed by atoms with van der Waals surface area (Å²) in [5, 5.41) is 0. The first-order valence-electron chi connectivity index (χ1n) is 3.41. The molecule has 0 amide bonds. The third-order valence-corrected chi connectivity index (χ3v) is 1.31. The van der Waals surface area contributed by atoms with Crippen molar-refractivity contribution in [1.82, 2.24) is 0 Å². The SMILES string of the molecule is [B]c1cc(OCOC)ccc1F. The van der Waals surface area contributed by atoms with E-state index in [2.05, 4.69) is 4.74 Å². The summed E-state index contributed by atoms with van der Waals surface area (Å²) < 4.78 is 22.3. The Kier molecular flexibility index (Phi) is 3.11. The third-order valence-electron chi connectivity index (χ3n) is 1.31. The number of ether oxygens (including phenoxy) is 2. The van der Waals surface area contributed by atoms with Crippen molar-refractivity contribution < 1.29 is 13.9 Å². The Balaban J connectivity index is 2.69. The minimum absolute atomic E-state index is 0.0728. The minimum Gasteiger partial charge on any atom is -0.468 e. The Labute approximate surface area is 71.7 Å². The molecule has 2 radical (unpaired) electrons. The second-order valence-corrected chi connectivity index (χ2v) is 2.23. The van der Waals surface area contributed by atoms with Crippen LogP contribution in [0.3, 0.4) is 0 Å². The van der Waals surface area contributed by atoms with Gasteiger partial charge in [-0.1, -0.05) is 5.46 Å². The molecule has 0 fully saturated rings. The van der Waals surface area contributed by atoms with Crippen LogP contribution in [0.2, 0.25) is 0 Å². The molecule has 2 nitrogen and oxygen atoms in total.